The third kappa shape index (κ3) is 0.914. The van der Waals surface area contributed by atoms with Gasteiger partial charge in [-0.25, -0.2) is 8.78 Å². The summed E-state index contributed by atoms with van der Waals surface area (Å²) in [7, 11) is 0. The van der Waals surface area contributed by atoms with E-state index in [-0.39, 0.29) is 6.42 Å². The summed E-state index contributed by atoms with van der Waals surface area (Å²) in [6.07, 6.45) is -0.701. The van der Waals surface area contributed by atoms with Gasteiger partial charge in [0, 0.05) is 6.42 Å². The molecule has 2 rings (SSSR count). The van der Waals surface area contributed by atoms with Crippen molar-refractivity contribution in [3.8, 4) is 0 Å². The summed E-state index contributed by atoms with van der Waals surface area (Å²) in [6.45, 7) is 0.911. The van der Waals surface area contributed by atoms with Crippen molar-refractivity contribution < 1.29 is 18.3 Å². The molecule has 0 aromatic carbocycles. The van der Waals surface area contributed by atoms with Crippen molar-refractivity contribution in [2.75, 3.05) is 13.2 Å². The zero-order valence-corrected chi connectivity index (χ0v) is 5.35. The van der Waals surface area contributed by atoms with Crippen LogP contribution in [0, 0.1) is 5.92 Å². The fourth-order valence-corrected chi connectivity index (χ4v) is 1.14. The second-order valence-electron chi connectivity index (χ2n) is 2.68. The lowest BCUT2D eigenvalue weighted by Gasteiger charge is -2.05. The van der Waals surface area contributed by atoms with Gasteiger partial charge in [-0.1, -0.05) is 0 Å². The fourth-order valence-electron chi connectivity index (χ4n) is 1.14. The first-order valence-electron chi connectivity index (χ1n) is 3.31. The zero-order chi connectivity index (χ0) is 7.19. The molecule has 1 aliphatic carbocycles. The van der Waals surface area contributed by atoms with E-state index in [4.69, 9.17) is 9.47 Å². The molecule has 1 saturated carbocycles. The van der Waals surface area contributed by atoms with E-state index in [9.17, 15) is 8.78 Å². The molecule has 1 atom stereocenters. The summed E-state index contributed by atoms with van der Waals surface area (Å²) < 4.78 is 34.4. The van der Waals surface area contributed by atoms with Crippen LogP contribution in [-0.4, -0.2) is 25.4 Å². The highest BCUT2D eigenvalue weighted by atomic mass is 19.3. The molecular weight excluding hydrogens is 142 g/mol. The van der Waals surface area contributed by atoms with Crippen LogP contribution in [0.25, 0.3) is 0 Å². The largest absolute Gasteiger partial charge is 0.350 e. The van der Waals surface area contributed by atoms with Gasteiger partial charge in [-0.05, 0) is 0 Å². The van der Waals surface area contributed by atoms with Crippen LogP contribution in [0.4, 0.5) is 8.78 Å². The molecule has 10 heavy (non-hydrogen) atoms. The predicted octanol–water partition coefficient (Wildman–Crippen LogP) is 1.01. The number of halogens is 2. The average Bonchev–Trinajstić information content (AvgIpc) is 2.31. The molecule has 0 N–H and O–H groups in total. The lowest BCUT2D eigenvalue weighted by atomic mass is 10.4. The summed E-state index contributed by atoms with van der Waals surface area (Å²) in [5, 5.41) is 0. The topological polar surface area (TPSA) is 18.5 Å². The van der Waals surface area contributed by atoms with E-state index in [0.29, 0.717) is 13.2 Å². The van der Waals surface area contributed by atoms with E-state index >= 15 is 0 Å². The van der Waals surface area contributed by atoms with Crippen molar-refractivity contribution in [3.05, 3.63) is 0 Å². The molecule has 2 aliphatic rings. The molecule has 0 amide bonds. The Bertz CT molecular complexity index is 140. The van der Waals surface area contributed by atoms with Gasteiger partial charge in [0.1, 0.15) is 0 Å². The molecule has 1 saturated heterocycles. The molecule has 0 aromatic heterocycles. The number of ether oxygens (including phenoxy) is 2. The van der Waals surface area contributed by atoms with Gasteiger partial charge in [-0.3, -0.25) is 0 Å². The van der Waals surface area contributed by atoms with Crippen LogP contribution in [0.5, 0.6) is 0 Å². The highest BCUT2D eigenvalue weighted by Crippen LogP contribution is 2.52. The van der Waals surface area contributed by atoms with E-state index < -0.39 is 18.1 Å². The van der Waals surface area contributed by atoms with Crippen molar-refractivity contribution in [3.63, 3.8) is 0 Å². The van der Waals surface area contributed by atoms with Crippen molar-refractivity contribution >= 4 is 0 Å². The number of alkyl halides is 2. The van der Waals surface area contributed by atoms with Crippen LogP contribution in [0.1, 0.15) is 6.42 Å². The lowest BCUT2D eigenvalue weighted by molar-refractivity contribution is -0.0828. The summed E-state index contributed by atoms with van der Waals surface area (Å²) in [4.78, 5) is 0. The fraction of sp³-hybridized carbons (Fsp3) is 1.00. The van der Waals surface area contributed by atoms with E-state index in [1.54, 1.807) is 0 Å². The molecule has 1 unspecified atom stereocenters. The van der Waals surface area contributed by atoms with Crippen LogP contribution < -0.4 is 0 Å². The van der Waals surface area contributed by atoms with E-state index in [2.05, 4.69) is 0 Å². The van der Waals surface area contributed by atoms with E-state index in [1.165, 1.54) is 0 Å². The lowest BCUT2D eigenvalue weighted by Crippen LogP contribution is -2.14. The number of hydrogen-bond donors (Lipinski definition) is 0. The minimum atomic E-state index is -2.52. The Morgan fingerprint density at radius 2 is 1.70 bits per heavy atom. The first kappa shape index (κ1) is 6.49. The van der Waals surface area contributed by atoms with Crippen LogP contribution >= 0.6 is 0 Å². The van der Waals surface area contributed by atoms with Gasteiger partial charge in [0.25, 0.3) is 5.92 Å². The SMILES string of the molecule is FC1(F)CC1C1OCCO1. The standard InChI is InChI=1S/C6H8F2O2/c7-6(8)3-4(6)5-9-1-2-10-5/h4-5H,1-3H2. The summed E-state index contributed by atoms with van der Waals surface area (Å²) in [5.41, 5.74) is 0. The smallest absolute Gasteiger partial charge is 0.256 e. The Labute approximate surface area is 57.1 Å². The van der Waals surface area contributed by atoms with Gasteiger partial charge in [-0.15, -0.1) is 0 Å². The second kappa shape index (κ2) is 1.89. The third-order valence-corrected chi connectivity index (χ3v) is 1.85. The molecule has 1 heterocycles. The average molecular weight is 150 g/mol. The van der Waals surface area contributed by atoms with Crippen molar-refractivity contribution in [2.45, 2.75) is 18.6 Å². The molecule has 2 fully saturated rings. The normalized spacial score (nSPS) is 38.4. The van der Waals surface area contributed by atoms with Crippen LogP contribution in [0.2, 0.25) is 0 Å². The van der Waals surface area contributed by atoms with Gasteiger partial charge in [0.05, 0.1) is 19.1 Å². The van der Waals surface area contributed by atoms with Crippen LogP contribution in [0.15, 0.2) is 0 Å². The Kier molecular flexibility index (Phi) is 1.22. The molecule has 0 bridgehead atoms. The number of rotatable bonds is 1. The predicted molar refractivity (Wildman–Crippen MR) is 28.7 cm³/mol. The molecule has 2 nitrogen and oxygen atoms in total. The van der Waals surface area contributed by atoms with E-state index in [0.717, 1.165) is 0 Å². The Morgan fingerprint density at radius 1 is 1.20 bits per heavy atom. The Morgan fingerprint density at radius 3 is 2.10 bits per heavy atom. The molecule has 0 radical (unpaired) electrons. The van der Waals surface area contributed by atoms with Gasteiger partial charge in [0.15, 0.2) is 6.29 Å². The second-order valence-corrected chi connectivity index (χ2v) is 2.68. The quantitative estimate of drug-likeness (QED) is 0.555. The first-order valence-corrected chi connectivity index (χ1v) is 3.31. The summed E-state index contributed by atoms with van der Waals surface area (Å²) >= 11 is 0. The van der Waals surface area contributed by atoms with Gasteiger partial charge < -0.3 is 9.47 Å². The maximum Gasteiger partial charge on any atom is 0.256 e. The molecule has 0 aromatic rings. The van der Waals surface area contributed by atoms with Crippen molar-refractivity contribution in [2.24, 2.45) is 5.92 Å². The molecule has 0 spiro atoms. The molecule has 4 heteroatoms. The highest BCUT2D eigenvalue weighted by Gasteiger charge is 2.62. The minimum Gasteiger partial charge on any atom is -0.350 e. The van der Waals surface area contributed by atoms with Crippen LogP contribution in [-0.2, 0) is 9.47 Å². The summed E-state index contributed by atoms with van der Waals surface area (Å²) in [5.74, 6) is -3.19. The van der Waals surface area contributed by atoms with Gasteiger partial charge in [-0.2, -0.15) is 0 Å². The van der Waals surface area contributed by atoms with Gasteiger partial charge in [0.2, 0.25) is 0 Å². The Hall–Kier alpha value is -0.220. The molecule has 58 valence electrons. The molecular formula is C6H8F2O2. The maximum atomic E-state index is 12.3. The number of hydrogen-bond acceptors (Lipinski definition) is 2. The zero-order valence-electron chi connectivity index (χ0n) is 5.35. The monoisotopic (exact) mass is 150 g/mol. The first-order chi connectivity index (χ1) is 4.70. The van der Waals surface area contributed by atoms with Crippen molar-refractivity contribution in [1.29, 1.82) is 0 Å². The minimum absolute atomic E-state index is 0.0718. The molecule has 1 aliphatic heterocycles. The Balaban J connectivity index is 1.90. The third-order valence-electron chi connectivity index (χ3n) is 1.85. The maximum absolute atomic E-state index is 12.3. The highest BCUT2D eigenvalue weighted by molar-refractivity contribution is 4.97. The summed E-state index contributed by atoms with van der Waals surface area (Å²) in [6, 6.07) is 0. The van der Waals surface area contributed by atoms with E-state index in [1.807, 2.05) is 0 Å². The van der Waals surface area contributed by atoms with Crippen molar-refractivity contribution in [1.82, 2.24) is 0 Å². The van der Waals surface area contributed by atoms with Crippen LogP contribution in [0.3, 0.4) is 0 Å². The van der Waals surface area contributed by atoms with Gasteiger partial charge >= 0.3 is 0 Å².